The molecule has 9 nitrogen and oxygen atoms in total. The Balaban J connectivity index is 1.44. The van der Waals surface area contributed by atoms with Gasteiger partial charge in [-0.1, -0.05) is 12.1 Å². The maximum atomic E-state index is 13.1. The van der Waals surface area contributed by atoms with Crippen LogP contribution in [0, 0.1) is 0 Å². The van der Waals surface area contributed by atoms with Gasteiger partial charge in [0.05, 0.1) is 40.1 Å². The van der Waals surface area contributed by atoms with Crippen molar-refractivity contribution < 1.29 is 28.5 Å². The van der Waals surface area contributed by atoms with Gasteiger partial charge in [0, 0.05) is 19.6 Å². The summed E-state index contributed by atoms with van der Waals surface area (Å²) in [5, 5.41) is 2.96. The molecular formula is C26H33N3O6. The lowest BCUT2D eigenvalue weighted by atomic mass is 10.1. The molecule has 2 aromatic carbocycles. The van der Waals surface area contributed by atoms with E-state index in [1.807, 2.05) is 34.1 Å². The van der Waals surface area contributed by atoms with Crippen molar-refractivity contribution in [1.29, 1.82) is 0 Å². The van der Waals surface area contributed by atoms with Gasteiger partial charge < -0.3 is 34.1 Å². The molecule has 0 aliphatic carbocycles. The number of piperidine rings is 1. The molecule has 1 unspecified atom stereocenters. The summed E-state index contributed by atoms with van der Waals surface area (Å²) in [5.41, 5.74) is 1.62. The number of hydrogen-bond acceptors (Lipinski definition) is 7. The van der Waals surface area contributed by atoms with Crippen molar-refractivity contribution in [3.63, 3.8) is 0 Å². The molecule has 4 rings (SSSR count). The zero-order valence-electron chi connectivity index (χ0n) is 20.5. The summed E-state index contributed by atoms with van der Waals surface area (Å²) in [6, 6.07) is 11.1. The summed E-state index contributed by atoms with van der Waals surface area (Å²) >= 11 is 0. The van der Waals surface area contributed by atoms with Crippen LogP contribution >= 0.6 is 0 Å². The van der Waals surface area contributed by atoms with Crippen LogP contribution in [0.5, 0.6) is 23.0 Å². The van der Waals surface area contributed by atoms with E-state index < -0.39 is 6.10 Å². The number of nitrogens with one attached hydrogen (secondary N) is 1. The number of hydrogen-bond donors (Lipinski definition) is 1. The van der Waals surface area contributed by atoms with E-state index in [2.05, 4.69) is 5.32 Å². The molecule has 0 radical (unpaired) electrons. The Morgan fingerprint density at radius 1 is 1.00 bits per heavy atom. The first-order chi connectivity index (χ1) is 17.0. The van der Waals surface area contributed by atoms with E-state index in [0.29, 0.717) is 29.5 Å². The Kier molecular flexibility index (Phi) is 7.84. The fraction of sp³-hybridized carbons (Fsp3) is 0.462. The van der Waals surface area contributed by atoms with Crippen molar-refractivity contribution in [3.8, 4) is 23.0 Å². The molecule has 0 aromatic heterocycles. The van der Waals surface area contributed by atoms with E-state index in [9.17, 15) is 9.59 Å². The van der Waals surface area contributed by atoms with E-state index in [1.54, 1.807) is 33.5 Å². The molecule has 2 heterocycles. The quantitative estimate of drug-likeness (QED) is 0.617. The Labute approximate surface area is 205 Å². The first-order valence-corrected chi connectivity index (χ1v) is 11.9. The monoisotopic (exact) mass is 483 g/mol. The first kappa shape index (κ1) is 24.5. The third kappa shape index (κ3) is 5.55. The molecular weight excluding hydrogens is 450 g/mol. The van der Waals surface area contributed by atoms with Gasteiger partial charge in [0.25, 0.3) is 5.91 Å². The van der Waals surface area contributed by atoms with Gasteiger partial charge in [0.1, 0.15) is 5.75 Å². The lowest BCUT2D eigenvalue weighted by Gasteiger charge is -2.38. The van der Waals surface area contributed by atoms with Crippen LogP contribution < -0.4 is 29.2 Å². The largest absolute Gasteiger partial charge is 0.493 e. The van der Waals surface area contributed by atoms with E-state index in [4.69, 9.17) is 18.9 Å². The summed E-state index contributed by atoms with van der Waals surface area (Å²) in [6.07, 6.45) is 2.55. The van der Waals surface area contributed by atoms with Crippen LogP contribution in [0.15, 0.2) is 36.4 Å². The molecule has 1 fully saturated rings. The molecule has 2 aliphatic rings. The SMILES string of the molecule is COc1cc(CNC(=O)CN2CC(C(=O)N3CCCCC3)Oc3ccccc32)cc(OC)c1OC. The number of nitrogens with zero attached hydrogens (tertiary/aromatic N) is 2. The second kappa shape index (κ2) is 11.2. The zero-order chi connectivity index (χ0) is 24.8. The van der Waals surface area contributed by atoms with Crippen LogP contribution in [0.1, 0.15) is 24.8 Å². The Hall–Kier alpha value is -3.62. The van der Waals surface area contributed by atoms with Crippen LogP contribution in [0.25, 0.3) is 0 Å². The van der Waals surface area contributed by atoms with Crippen molar-refractivity contribution in [2.45, 2.75) is 31.9 Å². The number of para-hydroxylation sites is 2. The van der Waals surface area contributed by atoms with Gasteiger partial charge in [0.15, 0.2) is 17.6 Å². The molecule has 1 N–H and O–H groups in total. The number of fused-ring (bicyclic) bond motifs is 1. The second-order valence-electron chi connectivity index (χ2n) is 8.65. The van der Waals surface area contributed by atoms with Gasteiger partial charge in [-0.3, -0.25) is 9.59 Å². The molecule has 0 bridgehead atoms. The topological polar surface area (TPSA) is 89.6 Å². The maximum absolute atomic E-state index is 13.1. The Morgan fingerprint density at radius 2 is 1.69 bits per heavy atom. The highest BCUT2D eigenvalue weighted by atomic mass is 16.5. The molecule has 9 heteroatoms. The highest BCUT2D eigenvalue weighted by Gasteiger charge is 2.34. The normalized spacial score (nSPS) is 17.2. The fourth-order valence-electron chi connectivity index (χ4n) is 4.57. The summed E-state index contributed by atoms with van der Waals surface area (Å²) in [4.78, 5) is 29.8. The second-order valence-corrected chi connectivity index (χ2v) is 8.65. The van der Waals surface area contributed by atoms with Crippen LogP contribution in [-0.4, -0.2) is 70.3 Å². The number of rotatable bonds is 8. The fourth-order valence-corrected chi connectivity index (χ4v) is 4.57. The summed E-state index contributed by atoms with van der Waals surface area (Å²) in [7, 11) is 4.65. The molecule has 0 saturated carbocycles. The lowest BCUT2D eigenvalue weighted by Crippen LogP contribution is -2.53. The average molecular weight is 484 g/mol. The summed E-state index contributed by atoms with van der Waals surface area (Å²) in [5.74, 6) is 1.99. The number of carbonyl (C=O) groups is 2. The minimum atomic E-state index is -0.633. The summed E-state index contributed by atoms with van der Waals surface area (Å²) in [6.45, 7) is 2.24. The van der Waals surface area contributed by atoms with E-state index >= 15 is 0 Å². The molecule has 2 aromatic rings. The van der Waals surface area contributed by atoms with E-state index in [-0.39, 0.29) is 24.9 Å². The van der Waals surface area contributed by atoms with Crippen molar-refractivity contribution in [2.24, 2.45) is 0 Å². The van der Waals surface area contributed by atoms with Crippen molar-refractivity contribution in [1.82, 2.24) is 10.2 Å². The van der Waals surface area contributed by atoms with Crippen LogP contribution in [0.4, 0.5) is 5.69 Å². The Bertz CT molecular complexity index is 1030. The maximum Gasteiger partial charge on any atom is 0.265 e. The van der Waals surface area contributed by atoms with Crippen molar-refractivity contribution in [3.05, 3.63) is 42.0 Å². The van der Waals surface area contributed by atoms with Crippen molar-refractivity contribution >= 4 is 17.5 Å². The van der Waals surface area contributed by atoms with Gasteiger partial charge in [0.2, 0.25) is 11.7 Å². The average Bonchev–Trinajstić information content (AvgIpc) is 2.91. The van der Waals surface area contributed by atoms with E-state index in [1.165, 1.54) is 0 Å². The predicted molar refractivity (Wildman–Crippen MR) is 131 cm³/mol. The highest BCUT2D eigenvalue weighted by Crippen LogP contribution is 2.38. The molecule has 35 heavy (non-hydrogen) atoms. The number of ether oxygens (including phenoxy) is 4. The van der Waals surface area contributed by atoms with Gasteiger partial charge >= 0.3 is 0 Å². The number of likely N-dealkylation sites (tertiary alicyclic amines) is 1. The molecule has 2 amide bonds. The third-order valence-electron chi connectivity index (χ3n) is 6.35. The van der Waals surface area contributed by atoms with Crippen molar-refractivity contribution in [2.75, 3.05) is 52.4 Å². The number of benzene rings is 2. The lowest BCUT2D eigenvalue weighted by molar-refractivity contribution is -0.139. The minimum absolute atomic E-state index is 0.0120. The van der Waals surface area contributed by atoms with E-state index in [0.717, 1.165) is 43.6 Å². The van der Waals surface area contributed by atoms with Gasteiger partial charge in [-0.2, -0.15) is 0 Å². The minimum Gasteiger partial charge on any atom is -0.493 e. The number of carbonyl (C=O) groups excluding carboxylic acids is 2. The van der Waals surface area contributed by atoms with Gasteiger partial charge in [-0.15, -0.1) is 0 Å². The smallest absolute Gasteiger partial charge is 0.265 e. The summed E-state index contributed by atoms with van der Waals surface area (Å²) < 4.78 is 22.2. The molecule has 188 valence electrons. The molecule has 1 saturated heterocycles. The standard InChI is InChI=1S/C26H33N3O6/c1-32-21-13-18(14-22(33-2)25(21)34-3)15-27-24(30)17-29-16-23(26(31)28-11-7-4-8-12-28)35-20-10-6-5-9-19(20)29/h5-6,9-10,13-14,23H,4,7-8,11-12,15-17H2,1-3H3,(H,27,30). The zero-order valence-corrected chi connectivity index (χ0v) is 20.5. The number of anilines is 1. The van der Waals surface area contributed by atoms with Crippen LogP contribution in [0.2, 0.25) is 0 Å². The van der Waals surface area contributed by atoms with Gasteiger partial charge in [-0.25, -0.2) is 0 Å². The molecule has 1 atom stereocenters. The molecule has 0 spiro atoms. The predicted octanol–water partition coefficient (Wildman–Crippen LogP) is 2.61. The number of amides is 2. The third-order valence-corrected chi connectivity index (χ3v) is 6.35. The van der Waals surface area contributed by atoms with Crippen LogP contribution in [0.3, 0.4) is 0 Å². The molecule has 2 aliphatic heterocycles. The first-order valence-electron chi connectivity index (χ1n) is 11.9. The Morgan fingerprint density at radius 3 is 2.34 bits per heavy atom. The highest BCUT2D eigenvalue weighted by molar-refractivity contribution is 5.86. The number of methoxy groups -OCH3 is 3. The van der Waals surface area contributed by atoms with Crippen LogP contribution in [-0.2, 0) is 16.1 Å². The van der Waals surface area contributed by atoms with Gasteiger partial charge in [-0.05, 0) is 49.1 Å².